The molecule has 0 spiro atoms. The average molecular weight is 129 g/mol. The van der Waals surface area contributed by atoms with E-state index in [4.69, 9.17) is 4.74 Å². The van der Waals surface area contributed by atoms with Gasteiger partial charge in [-0.15, -0.1) is 0 Å². The minimum atomic E-state index is -0.270. The fraction of sp³-hybridized carbons (Fsp3) is 0.833. The van der Waals surface area contributed by atoms with Gasteiger partial charge >= 0.3 is 0 Å². The Balaban J connectivity index is 2.44. The lowest BCUT2D eigenvalue weighted by atomic mass is 10.3. The van der Waals surface area contributed by atoms with Crippen molar-refractivity contribution in [2.45, 2.75) is 26.1 Å². The molecule has 0 aromatic rings. The third-order valence-corrected chi connectivity index (χ3v) is 1.37. The first-order valence-corrected chi connectivity index (χ1v) is 3.13. The van der Waals surface area contributed by atoms with Crippen LogP contribution in [0.3, 0.4) is 0 Å². The molecule has 1 saturated heterocycles. The first-order chi connectivity index (χ1) is 4.20. The summed E-state index contributed by atoms with van der Waals surface area (Å²) < 4.78 is 5.19. The lowest BCUT2D eigenvalue weighted by Crippen LogP contribution is -2.46. The molecule has 1 rings (SSSR count). The maximum Gasteiger partial charge on any atom is 0.248 e. The molecule has 3 heteroatoms. The zero-order chi connectivity index (χ0) is 6.85. The Hall–Kier alpha value is -0.570. The molecule has 3 nitrogen and oxygen atoms in total. The molecule has 0 saturated carbocycles. The fourth-order valence-electron chi connectivity index (χ4n) is 0.846. The summed E-state index contributed by atoms with van der Waals surface area (Å²) in [5.41, 5.74) is 0. The monoisotopic (exact) mass is 129 g/mol. The molecule has 0 bridgehead atoms. The molecule has 1 aliphatic heterocycles. The quantitative estimate of drug-likeness (QED) is 0.496. The smallest absolute Gasteiger partial charge is 0.248 e. The maximum absolute atomic E-state index is 10.7. The standard InChI is InChI=1S/C6H11NO2/c1-4-3-7-6(8)5(2)9-4/h4-5H,3H2,1-2H3,(H,7,8)/t4-,5+/m1/s1. The third-order valence-electron chi connectivity index (χ3n) is 1.37. The number of hydrogen-bond acceptors (Lipinski definition) is 2. The highest BCUT2D eigenvalue weighted by atomic mass is 16.5. The molecule has 0 aromatic heterocycles. The minimum absolute atomic E-state index is 0.00639. The van der Waals surface area contributed by atoms with Gasteiger partial charge in [0.25, 0.3) is 0 Å². The summed E-state index contributed by atoms with van der Waals surface area (Å²) in [5.74, 6) is -0.00639. The van der Waals surface area contributed by atoms with Gasteiger partial charge in [0.2, 0.25) is 5.91 Å². The molecule has 1 fully saturated rings. The van der Waals surface area contributed by atoms with Crippen LogP contribution in [0.4, 0.5) is 0 Å². The van der Waals surface area contributed by atoms with Gasteiger partial charge in [-0.05, 0) is 13.8 Å². The summed E-state index contributed by atoms with van der Waals surface area (Å²) in [6.07, 6.45) is -0.105. The van der Waals surface area contributed by atoms with Gasteiger partial charge in [-0.3, -0.25) is 4.79 Å². The molecule has 1 amide bonds. The van der Waals surface area contributed by atoms with E-state index in [1.807, 2.05) is 6.92 Å². The van der Waals surface area contributed by atoms with Crippen LogP contribution in [0.15, 0.2) is 0 Å². The maximum atomic E-state index is 10.7. The normalized spacial score (nSPS) is 36.0. The zero-order valence-corrected chi connectivity index (χ0v) is 5.68. The average Bonchev–Trinajstić information content (AvgIpc) is 1.80. The van der Waals surface area contributed by atoms with E-state index in [-0.39, 0.29) is 18.1 Å². The predicted octanol–water partition coefficient (Wildman–Crippen LogP) is -0.0902. The Labute approximate surface area is 54.4 Å². The van der Waals surface area contributed by atoms with Crippen molar-refractivity contribution < 1.29 is 9.53 Å². The Morgan fingerprint density at radius 3 is 2.78 bits per heavy atom. The molecule has 2 atom stereocenters. The third kappa shape index (κ3) is 1.42. The highest BCUT2D eigenvalue weighted by molar-refractivity contribution is 5.80. The molecule has 9 heavy (non-hydrogen) atoms. The van der Waals surface area contributed by atoms with Crippen LogP contribution in [0.5, 0.6) is 0 Å². The molecule has 1 heterocycles. The summed E-state index contributed by atoms with van der Waals surface area (Å²) in [6, 6.07) is 0. The van der Waals surface area contributed by atoms with Crippen molar-refractivity contribution in [2.24, 2.45) is 0 Å². The summed E-state index contributed by atoms with van der Waals surface area (Å²) in [7, 11) is 0. The largest absolute Gasteiger partial charge is 0.364 e. The Morgan fingerprint density at radius 2 is 2.33 bits per heavy atom. The van der Waals surface area contributed by atoms with E-state index in [0.717, 1.165) is 0 Å². The number of amides is 1. The minimum Gasteiger partial charge on any atom is -0.364 e. The molecular formula is C6H11NO2. The highest BCUT2D eigenvalue weighted by Crippen LogP contribution is 2.01. The molecule has 0 aromatic carbocycles. The first-order valence-electron chi connectivity index (χ1n) is 3.13. The first kappa shape index (κ1) is 6.55. The zero-order valence-electron chi connectivity index (χ0n) is 5.68. The fourth-order valence-corrected chi connectivity index (χ4v) is 0.846. The van der Waals surface area contributed by atoms with E-state index < -0.39 is 0 Å². The van der Waals surface area contributed by atoms with Crippen LogP contribution in [0.1, 0.15) is 13.8 Å². The van der Waals surface area contributed by atoms with Crippen LogP contribution in [-0.2, 0) is 9.53 Å². The number of carbonyl (C=O) groups is 1. The molecule has 1 N–H and O–H groups in total. The summed E-state index contributed by atoms with van der Waals surface area (Å²) >= 11 is 0. The Kier molecular flexibility index (Phi) is 1.71. The van der Waals surface area contributed by atoms with Crippen LogP contribution in [0.25, 0.3) is 0 Å². The lowest BCUT2D eigenvalue weighted by molar-refractivity contribution is -0.141. The van der Waals surface area contributed by atoms with Gasteiger partial charge in [0.1, 0.15) is 6.10 Å². The van der Waals surface area contributed by atoms with E-state index in [2.05, 4.69) is 5.32 Å². The number of morpholine rings is 1. The topological polar surface area (TPSA) is 38.3 Å². The van der Waals surface area contributed by atoms with Gasteiger partial charge in [0.15, 0.2) is 0 Å². The number of nitrogens with one attached hydrogen (secondary N) is 1. The van der Waals surface area contributed by atoms with Gasteiger partial charge in [0, 0.05) is 6.54 Å². The van der Waals surface area contributed by atoms with Crippen molar-refractivity contribution >= 4 is 5.91 Å². The molecule has 52 valence electrons. The second-order valence-corrected chi connectivity index (χ2v) is 2.33. The van der Waals surface area contributed by atoms with Gasteiger partial charge < -0.3 is 10.1 Å². The van der Waals surface area contributed by atoms with E-state index >= 15 is 0 Å². The van der Waals surface area contributed by atoms with Gasteiger partial charge in [-0.25, -0.2) is 0 Å². The van der Waals surface area contributed by atoms with Crippen LogP contribution in [0.2, 0.25) is 0 Å². The van der Waals surface area contributed by atoms with E-state index in [0.29, 0.717) is 6.54 Å². The highest BCUT2D eigenvalue weighted by Gasteiger charge is 2.21. The van der Waals surface area contributed by atoms with Crippen LogP contribution < -0.4 is 5.32 Å². The van der Waals surface area contributed by atoms with E-state index in [1.165, 1.54) is 0 Å². The molecular weight excluding hydrogens is 118 g/mol. The second-order valence-electron chi connectivity index (χ2n) is 2.33. The van der Waals surface area contributed by atoms with Crippen LogP contribution in [0, 0.1) is 0 Å². The number of rotatable bonds is 0. The van der Waals surface area contributed by atoms with E-state index in [1.54, 1.807) is 6.92 Å². The second kappa shape index (κ2) is 2.35. The van der Waals surface area contributed by atoms with Crippen molar-refractivity contribution in [2.75, 3.05) is 6.54 Å². The number of carbonyl (C=O) groups excluding carboxylic acids is 1. The van der Waals surface area contributed by atoms with Crippen molar-refractivity contribution in [3.63, 3.8) is 0 Å². The predicted molar refractivity (Wildman–Crippen MR) is 33.0 cm³/mol. The molecule has 0 radical (unpaired) electrons. The van der Waals surface area contributed by atoms with Gasteiger partial charge in [-0.2, -0.15) is 0 Å². The molecule has 0 aliphatic carbocycles. The van der Waals surface area contributed by atoms with Gasteiger partial charge in [-0.1, -0.05) is 0 Å². The Morgan fingerprint density at radius 1 is 1.67 bits per heavy atom. The number of hydrogen-bond donors (Lipinski definition) is 1. The summed E-state index contributed by atoms with van der Waals surface area (Å²) in [4.78, 5) is 10.7. The van der Waals surface area contributed by atoms with E-state index in [9.17, 15) is 4.79 Å². The van der Waals surface area contributed by atoms with Crippen molar-refractivity contribution in [1.82, 2.24) is 5.32 Å². The van der Waals surface area contributed by atoms with Crippen molar-refractivity contribution in [3.05, 3.63) is 0 Å². The van der Waals surface area contributed by atoms with Gasteiger partial charge in [0.05, 0.1) is 6.10 Å². The Bertz CT molecular complexity index is 124. The van der Waals surface area contributed by atoms with Crippen molar-refractivity contribution in [3.8, 4) is 0 Å². The lowest BCUT2D eigenvalue weighted by Gasteiger charge is -2.24. The SMILES string of the molecule is C[C@@H]1CNC(=O)[C@H](C)O1. The van der Waals surface area contributed by atoms with Crippen LogP contribution in [-0.4, -0.2) is 24.7 Å². The molecule has 0 unspecified atom stereocenters. The van der Waals surface area contributed by atoms with Crippen LogP contribution >= 0.6 is 0 Å². The number of ether oxygens (including phenoxy) is 1. The molecule has 1 aliphatic rings. The summed E-state index contributed by atoms with van der Waals surface area (Å²) in [6.45, 7) is 4.34. The summed E-state index contributed by atoms with van der Waals surface area (Å²) in [5, 5.41) is 2.72. The van der Waals surface area contributed by atoms with Crippen molar-refractivity contribution in [1.29, 1.82) is 0 Å².